The van der Waals surface area contributed by atoms with Crippen molar-refractivity contribution in [3.8, 4) is 0 Å². The lowest BCUT2D eigenvalue weighted by molar-refractivity contribution is 0.474. The van der Waals surface area contributed by atoms with Crippen molar-refractivity contribution in [1.82, 2.24) is 9.55 Å². The van der Waals surface area contributed by atoms with E-state index >= 15 is 0 Å². The van der Waals surface area contributed by atoms with Crippen LogP contribution in [0.4, 0.5) is 0 Å². The Morgan fingerprint density at radius 2 is 1.73 bits per heavy atom. The van der Waals surface area contributed by atoms with Crippen LogP contribution in [0.15, 0.2) is 54.6 Å². The fourth-order valence-electron chi connectivity index (χ4n) is 2.59. The molecule has 0 fully saturated rings. The molecule has 0 spiro atoms. The Morgan fingerprint density at radius 1 is 1.00 bits per heavy atom. The minimum atomic E-state index is 0.640. The molecular formula is C20H22N2. The van der Waals surface area contributed by atoms with Gasteiger partial charge in [0.05, 0.1) is 11.0 Å². The number of rotatable bonds is 5. The van der Waals surface area contributed by atoms with E-state index in [1.165, 1.54) is 17.5 Å². The number of hydrogen-bond donors (Lipinski definition) is 0. The van der Waals surface area contributed by atoms with Gasteiger partial charge in [0.2, 0.25) is 0 Å². The molecular weight excluding hydrogens is 268 g/mol. The first-order chi connectivity index (χ1) is 10.8. The van der Waals surface area contributed by atoms with Crippen LogP contribution in [0.25, 0.3) is 23.2 Å². The SMILES string of the molecule is CC[C@@H](C)Cn1c(/C=C/c2ccccc2)nc2ccccc21. The van der Waals surface area contributed by atoms with Crippen molar-refractivity contribution in [2.75, 3.05) is 0 Å². The number of benzene rings is 2. The first-order valence-electron chi connectivity index (χ1n) is 7.96. The number of hydrogen-bond acceptors (Lipinski definition) is 1. The van der Waals surface area contributed by atoms with Crippen LogP contribution >= 0.6 is 0 Å². The number of para-hydroxylation sites is 2. The Balaban J connectivity index is 2.00. The molecule has 0 aliphatic rings. The fourth-order valence-corrected chi connectivity index (χ4v) is 2.59. The van der Waals surface area contributed by atoms with Crippen molar-refractivity contribution >= 4 is 23.2 Å². The second kappa shape index (κ2) is 6.61. The molecule has 22 heavy (non-hydrogen) atoms. The highest BCUT2D eigenvalue weighted by molar-refractivity contribution is 5.79. The van der Waals surface area contributed by atoms with Gasteiger partial charge in [0, 0.05) is 6.54 Å². The standard InChI is InChI=1S/C20H22N2/c1-3-16(2)15-22-19-12-8-7-11-18(19)21-20(22)14-13-17-9-5-4-6-10-17/h4-14,16H,3,15H2,1-2H3/b14-13+/t16-/m1/s1. The molecule has 2 aromatic carbocycles. The molecule has 112 valence electrons. The van der Waals surface area contributed by atoms with Gasteiger partial charge in [-0.1, -0.05) is 68.8 Å². The molecule has 2 heteroatoms. The first kappa shape index (κ1) is 14.6. The van der Waals surface area contributed by atoms with Crippen LogP contribution in [0.2, 0.25) is 0 Å². The van der Waals surface area contributed by atoms with Gasteiger partial charge in [0.25, 0.3) is 0 Å². The third kappa shape index (κ3) is 3.11. The van der Waals surface area contributed by atoms with Crippen LogP contribution in [0.3, 0.4) is 0 Å². The first-order valence-corrected chi connectivity index (χ1v) is 7.96. The number of nitrogens with zero attached hydrogens (tertiary/aromatic N) is 2. The van der Waals surface area contributed by atoms with Gasteiger partial charge in [-0.2, -0.15) is 0 Å². The van der Waals surface area contributed by atoms with Crippen molar-refractivity contribution in [3.63, 3.8) is 0 Å². The summed E-state index contributed by atoms with van der Waals surface area (Å²) in [4.78, 5) is 4.79. The largest absolute Gasteiger partial charge is 0.324 e. The zero-order valence-corrected chi connectivity index (χ0v) is 13.2. The highest BCUT2D eigenvalue weighted by atomic mass is 15.1. The summed E-state index contributed by atoms with van der Waals surface area (Å²) in [5, 5.41) is 0. The van der Waals surface area contributed by atoms with Crippen molar-refractivity contribution in [1.29, 1.82) is 0 Å². The lowest BCUT2D eigenvalue weighted by atomic mass is 10.1. The maximum atomic E-state index is 4.79. The Hall–Kier alpha value is -2.35. The van der Waals surface area contributed by atoms with E-state index in [4.69, 9.17) is 4.98 Å². The zero-order valence-electron chi connectivity index (χ0n) is 13.2. The van der Waals surface area contributed by atoms with Crippen molar-refractivity contribution < 1.29 is 0 Å². The van der Waals surface area contributed by atoms with E-state index in [1.54, 1.807) is 0 Å². The lowest BCUT2D eigenvalue weighted by Gasteiger charge is -2.12. The summed E-state index contributed by atoms with van der Waals surface area (Å²) in [7, 11) is 0. The predicted octanol–water partition coefficient (Wildman–Crippen LogP) is 5.25. The molecule has 0 radical (unpaired) electrons. The molecule has 0 N–H and O–H groups in total. The lowest BCUT2D eigenvalue weighted by Crippen LogP contribution is -2.08. The smallest absolute Gasteiger partial charge is 0.133 e. The molecule has 0 unspecified atom stereocenters. The average Bonchev–Trinajstić information content (AvgIpc) is 2.91. The van der Waals surface area contributed by atoms with Crippen LogP contribution in [-0.2, 0) is 6.54 Å². The quantitative estimate of drug-likeness (QED) is 0.627. The Morgan fingerprint density at radius 3 is 2.50 bits per heavy atom. The molecule has 0 bridgehead atoms. The summed E-state index contributed by atoms with van der Waals surface area (Å²) in [6.45, 7) is 5.54. The second-order valence-corrected chi connectivity index (χ2v) is 5.83. The molecule has 1 atom stereocenters. The molecule has 1 heterocycles. The molecule has 2 nitrogen and oxygen atoms in total. The minimum Gasteiger partial charge on any atom is -0.324 e. The Labute approximate surface area is 132 Å². The van der Waals surface area contributed by atoms with Crippen molar-refractivity contribution in [2.24, 2.45) is 5.92 Å². The van der Waals surface area contributed by atoms with Gasteiger partial charge in [0.15, 0.2) is 0 Å². The van der Waals surface area contributed by atoms with Gasteiger partial charge in [-0.25, -0.2) is 4.98 Å². The highest BCUT2D eigenvalue weighted by Gasteiger charge is 2.10. The van der Waals surface area contributed by atoms with Gasteiger partial charge in [0.1, 0.15) is 5.82 Å². The van der Waals surface area contributed by atoms with Crippen molar-refractivity contribution in [3.05, 3.63) is 66.0 Å². The van der Waals surface area contributed by atoms with Crippen LogP contribution in [0.1, 0.15) is 31.7 Å². The molecule has 3 rings (SSSR count). The van der Waals surface area contributed by atoms with E-state index in [1.807, 2.05) is 12.1 Å². The summed E-state index contributed by atoms with van der Waals surface area (Å²) < 4.78 is 2.34. The molecule has 0 aliphatic carbocycles. The van der Waals surface area contributed by atoms with Gasteiger partial charge < -0.3 is 4.57 Å². The summed E-state index contributed by atoms with van der Waals surface area (Å²) >= 11 is 0. The number of aromatic nitrogens is 2. The monoisotopic (exact) mass is 290 g/mol. The number of fused-ring (bicyclic) bond motifs is 1. The summed E-state index contributed by atoms with van der Waals surface area (Å²) in [6, 6.07) is 18.7. The molecule has 1 aromatic heterocycles. The minimum absolute atomic E-state index is 0.640. The molecule has 0 amide bonds. The third-order valence-corrected chi connectivity index (χ3v) is 4.10. The second-order valence-electron chi connectivity index (χ2n) is 5.83. The summed E-state index contributed by atoms with van der Waals surface area (Å²) in [5.74, 6) is 1.67. The fraction of sp³-hybridized carbons (Fsp3) is 0.250. The van der Waals surface area contributed by atoms with E-state index in [2.05, 4.69) is 73.0 Å². The normalized spacial score (nSPS) is 13.0. The van der Waals surface area contributed by atoms with Crippen LogP contribution < -0.4 is 0 Å². The Kier molecular flexibility index (Phi) is 4.38. The highest BCUT2D eigenvalue weighted by Crippen LogP contribution is 2.20. The van der Waals surface area contributed by atoms with E-state index in [9.17, 15) is 0 Å². The van der Waals surface area contributed by atoms with Crippen LogP contribution in [0, 0.1) is 5.92 Å². The van der Waals surface area contributed by atoms with Gasteiger partial charge in [-0.15, -0.1) is 0 Å². The molecule has 0 saturated carbocycles. The zero-order chi connectivity index (χ0) is 15.4. The molecule has 0 saturated heterocycles. The maximum absolute atomic E-state index is 4.79. The summed E-state index contributed by atoms with van der Waals surface area (Å²) in [5.41, 5.74) is 3.48. The van der Waals surface area contributed by atoms with E-state index in [-0.39, 0.29) is 0 Å². The molecule has 3 aromatic rings. The van der Waals surface area contributed by atoms with Gasteiger partial charge in [-0.05, 0) is 29.7 Å². The predicted molar refractivity (Wildman–Crippen MR) is 94.6 cm³/mol. The summed E-state index contributed by atoms with van der Waals surface area (Å²) in [6.07, 6.45) is 5.43. The van der Waals surface area contributed by atoms with E-state index in [0.717, 1.165) is 17.9 Å². The average molecular weight is 290 g/mol. The van der Waals surface area contributed by atoms with Crippen LogP contribution in [-0.4, -0.2) is 9.55 Å². The van der Waals surface area contributed by atoms with E-state index < -0.39 is 0 Å². The maximum Gasteiger partial charge on any atom is 0.133 e. The topological polar surface area (TPSA) is 17.8 Å². The van der Waals surface area contributed by atoms with Gasteiger partial charge in [-0.3, -0.25) is 0 Å². The van der Waals surface area contributed by atoms with E-state index in [0.29, 0.717) is 5.92 Å². The van der Waals surface area contributed by atoms with Crippen molar-refractivity contribution in [2.45, 2.75) is 26.8 Å². The van der Waals surface area contributed by atoms with Gasteiger partial charge >= 0.3 is 0 Å². The Bertz CT molecular complexity index is 769. The van der Waals surface area contributed by atoms with Crippen LogP contribution in [0.5, 0.6) is 0 Å². The third-order valence-electron chi connectivity index (χ3n) is 4.10. The number of imidazole rings is 1. The molecule has 0 aliphatic heterocycles.